The number of carbonyl (C=O) groups excluding carboxylic acids is 1. The molecule has 1 aliphatic rings. The fourth-order valence-corrected chi connectivity index (χ4v) is 4.10. The molecule has 146 valence electrons. The van der Waals surface area contributed by atoms with Crippen LogP contribution in [0.3, 0.4) is 0 Å². The molecule has 8 heteroatoms. The van der Waals surface area contributed by atoms with Gasteiger partial charge in [0.1, 0.15) is 12.1 Å². The molecule has 1 aromatic carbocycles. The Hall–Kier alpha value is -2.48. The number of hydrogen-bond donors (Lipinski definition) is 0. The number of piperidine rings is 1. The van der Waals surface area contributed by atoms with Crippen LogP contribution in [0.25, 0.3) is 10.9 Å². The first-order valence-corrected chi connectivity index (χ1v) is 10.2. The van der Waals surface area contributed by atoms with Crippen LogP contribution in [0.1, 0.15) is 29.0 Å². The summed E-state index contributed by atoms with van der Waals surface area (Å²) in [5.41, 5.74) is 2.43. The van der Waals surface area contributed by atoms with Gasteiger partial charge in [-0.25, -0.2) is 9.97 Å². The number of hydrogen-bond acceptors (Lipinski definition) is 5. The Morgan fingerprint density at radius 1 is 1.21 bits per heavy atom. The van der Waals surface area contributed by atoms with E-state index in [2.05, 4.69) is 42.0 Å². The van der Waals surface area contributed by atoms with E-state index in [0.717, 1.165) is 52.8 Å². The van der Waals surface area contributed by atoms with Gasteiger partial charge in [0.05, 0.1) is 5.52 Å². The quantitative estimate of drug-likeness (QED) is 0.622. The number of rotatable bonds is 3. The summed E-state index contributed by atoms with van der Waals surface area (Å²) in [7, 11) is 3.73. The van der Waals surface area contributed by atoms with E-state index in [4.69, 9.17) is 0 Å². The van der Waals surface area contributed by atoms with E-state index in [1.54, 1.807) is 11.0 Å². The third-order valence-corrected chi connectivity index (χ3v) is 6.03. The second-order valence-corrected chi connectivity index (χ2v) is 8.20. The lowest BCUT2D eigenvalue weighted by atomic mass is 10.0. The Kier molecular flexibility index (Phi) is 5.05. The summed E-state index contributed by atoms with van der Waals surface area (Å²) in [6, 6.07) is 8.10. The molecule has 0 saturated carbocycles. The van der Waals surface area contributed by atoms with Crippen molar-refractivity contribution in [1.82, 2.24) is 24.6 Å². The molecular formula is C20H23BrN6O. The van der Waals surface area contributed by atoms with Crippen LogP contribution in [0.2, 0.25) is 0 Å². The maximum atomic E-state index is 12.8. The van der Waals surface area contributed by atoms with Gasteiger partial charge in [-0.2, -0.15) is 5.10 Å². The van der Waals surface area contributed by atoms with Gasteiger partial charge in [-0.15, -0.1) is 0 Å². The maximum Gasteiger partial charge on any atom is 0.274 e. The van der Waals surface area contributed by atoms with Crippen LogP contribution in [0.4, 0.5) is 5.82 Å². The highest BCUT2D eigenvalue weighted by Gasteiger charge is 2.28. The number of fused-ring (bicyclic) bond motifs is 1. The summed E-state index contributed by atoms with van der Waals surface area (Å²) in [4.78, 5) is 25.8. The lowest BCUT2D eigenvalue weighted by Gasteiger charge is -2.37. The first kappa shape index (κ1) is 18.9. The molecule has 0 unspecified atom stereocenters. The molecule has 0 spiro atoms. The highest BCUT2D eigenvalue weighted by Crippen LogP contribution is 2.29. The zero-order valence-electron chi connectivity index (χ0n) is 16.3. The summed E-state index contributed by atoms with van der Waals surface area (Å²) in [5, 5.41) is 5.37. The van der Waals surface area contributed by atoms with Gasteiger partial charge in [-0.3, -0.25) is 9.48 Å². The molecule has 3 heterocycles. The second-order valence-electron chi connectivity index (χ2n) is 7.29. The Morgan fingerprint density at radius 2 is 1.96 bits per heavy atom. The number of halogens is 1. The van der Waals surface area contributed by atoms with Gasteiger partial charge >= 0.3 is 0 Å². The van der Waals surface area contributed by atoms with Crippen LogP contribution in [-0.2, 0) is 7.05 Å². The van der Waals surface area contributed by atoms with Crippen molar-refractivity contribution in [3.05, 3.63) is 46.5 Å². The van der Waals surface area contributed by atoms with Crippen molar-refractivity contribution in [3.8, 4) is 0 Å². The minimum atomic E-state index is -0.0152. The molecule has 3 aromatic rings. The lowest BCUT2D eigenvalue weighted by Crippen LogP contribution is -2.46. The topological polar surface area (TPSA) is 67.2 Å². The molecule has 1 amide bonds. The predicted octanol–water partition coefficient (Wildman–Crippen LogP) is 3.18. The minimum Gasteiger partial charge on any atom is -0.356 e. The van der Waals surface area contributed by atoms with E-state index in [1.165, 1.54) is 0 Å². The van der Waals surface area contributed by atoms with Crippen molar-refractivity contribution in [3.63, 3.8) is 0 Å². The molecule has 7 nitrogen and oxygen atoms in total. The number of aryl methyl sites for hydroxylation is 2. The standard InChI is InChI=1S/C20H23BrN6O/c1-13-10-18(24-26(13)3)20(28)25(2)15-6-8-27(9-7-15)19-16-11-14(21)4-5-17(16)22-12-23-19/h4-5,10-12,15H,6-9H2,1-3H3. The van der Waals surface area contributed by atoms with Crippen LogP contribution >= 0.6 is 15.9 Å². The van der Waals surface area contributed by atoms with Crippen LogP contribution in [0.15, 0.2) is 35.1 Å². The smallest absolute Gasteiger partial charge is 0.274 e. The molecule has 1 fully saturated rings. The summed E-state index contributed by atoms with van der Waals surface area (Å²) in [6.45, 7) is 3.65. The molecule has 1 saturated heterocycles. The molecule has 0 bridgehead atoms. The van der Waals surface area contributed by atoms with E-state index < -0.39 is 0 Å². The summed E-state index contributed by atoms with van der Waals surface area (Å²) in [5.74, 6) is 0.942. The third kappa shape index (κ3) is 3.48. The Bertz CT molecular complexity index is 1010. The van der Waals surface area contributed by atoms with Gasteiger partial charge in [-0.1, -0.05) is 15.9 Å². The molecule has 1 aliphatic heterocycles. The van der Waals surface area contributed by atoms with Crippen LogP contribution < -0.4 is 4.90 Å². The number of anilines is 1. The summed E-state index contributed by atoms with van der Waals surface area (Å²) in [6.07, 6.45) is 3.41. The van der Waals surface area contributed by atoms with E-state index in [-0.39, 0.29) is 11.9 Å². The number of amides is 1. The van der Waals surface area contributed by atoms with Crippen molar-refractivity contribution in [2.45, 2.75) is 25.8 Å². The molecule has 0 N–H and O–H groups in total. The molecule has 2 aromatic heterocycles. The van der Waals surface area contributed by atoms with Gasteiger partial charge in [0.2, 0.25) is 0 Å². The number of carbonyl (C=O) groups is 1. The molecular weight excluding hydrogens is 420 g/mol. The van der Waals surface area contributed by atoms with Crippen LogP contribution in [0.5, 0.6) is 0 Å². The second kappa shape index (κ2) is 7.50. The number of nitrogens with zero attached hydrogens (tertiary/aromatic N) is 6. The number of benzene rings is 1. The van der Waals surface area contributed by atoms with Crippen molar-refractivity contribution in [1.29, 1.82) is 0 Å². The largest absolute Gasteiger partial charge is 0.356 e. The highest BCUT2D eigenvalue weighted by molar-refractivity contribution is 9.10. The van der Waals surface area contributed by atoms with E-state index in [1.807, 2.05) is 44.1 Å². The molecule has 0 atom stereocenters. The highest BCUT2D eigenvalue weighted by atomic mass is 79.9. The van der Waals surface area contributed by atoms with Crippen LogP contribution in [0, 0.1) is 6.92 Å². The van der Waals surface area contributed by atoms with Gasteiger partial charge in [0.25, 0.3) is 5.91 Å². The normalized spacial score (nSPS) is 15.2. The van der Waals surface area contributed by atoms with Gasteiger partial charge in [-0.05, 0) is 44.0 Å². The Labute approximate surface area is 172 Å². The fraction of sp³-hybridized carbons (Fsp3) is 0.400. The Morgan fingerprint density at radius 3 is 2.64 bits per heavy atom. The summed E-state index contributed by atoms with van der Waals surface area (Å²) >= 11 is 3.54. The van der Waals surface area contributed by atoms with Crippen molar-refractivity contribution < 1.29 is 4.79 Å². The predicted molar refractivity (Wildman–Crippen MR) is 113 cm³/mol. The van der Waals surface area contributed by atoms with E-state index in [0.29, 0.717) is 5.69 Å². The number of aromatic nitrogens is 4. The third-order valence-electron chi connectivity index (χ3n) is 5.54. The molecule has 4 rings (SSSR count). The SMILES string of the molecule is Cc1cc(C(=O)N(C)C2CCN(c3ncnc4ccc(Br)cc34)CC2)nn1C. The van der Waals surface area contributed by atoms with Crippen molar-refractivity contribution in [2.24, 2.45) is 7.05 Å². The van der Waals surface area contributed by atoms with E-state index >= 15 is 0 Å². The monoisotopic (exact) mass is 442 g/mol. The van der Waals surface area contributed by atoms with Gasteiger partial charge < -0.3 is 9.80 Å². The van der Waals surface area contributed by atoms with Gasteiger partial charge in [0.15, 0.2) is 5.69 Å². The Balaban J connectivity index is 1.47. The van der Waals surface area contributed by atoms with Gasteiger partial charge in [0, 0.05) is 48.8 Å². The van der Waals surface area contributed by atoms with Crippen molar-refractivity contribution >= 4 is 38.6 Å². The minimum absolute atomic E-state index is 0.0152. The summed E-state index contributed by atoms with van der Waals surface area (Å²) < 4.78 is 2.75. The zero-order valence-corrected chi connectivity index (χ0v) is 17.8. The average molecular weight is 443 g/mol. The first-order chi connectivity index (χ1) is 13.4. The molecule has 28 heavy (non-hydrogen) atoms. The average Bonchev–Trinajstić information content (AvgIpc) is 3.05. The zero-order chi connectivity index (χ0) is 19.8. The first-order valence-electron chi connectivity index (χ1n) is 9.37. The van der Waals surface area contributed by atoms with Crippen LogP contribution in [-0.4, -0.2) is 56.7 Å². The lowest BCUT2D eigenvalue weighted by molar-refractivity contribution is 0.0702. The molecule has 0 aliphatic carbocycles. The van der Waals surface area contributed by atoms with E-state index in [9.17, 15) is 4.79 Å². The fourth-order valence-electron chi connectivity index (χ4n) is 3.74. The molecule has 0 radical (unpaired) electrons. The maximum absolute atomic E-state index is 12.8. The van der Waals surface area contributed by atoms with Crippen molar-refractivity contribution in [2.75, 3.05) is 25.0 Å².